The molecule has 1 saturated heterocycles. The van der Waals surface area contributed by atoms with Gasteiger partial charge in [0.05, 0.1) is 28.9 Å². The molecule has 4 rings (SSSR count). The molecule has 2 aromatic carbocycles. The van der Waals surface area contributed by atoms with Crippen molar-refractivity contribution in [2.24, 2.45) is 0 Å². The summed E-state index contributed by atoms with van der Waals surface area (Å²) in [7, 11) is -1.45. The number of hydrogen-bond acceptors (Lipinski definition) is 6. The number of carbonyl (C=O) groups excluding carboxylic acids is 1. The molecule has 10 heteroatoms. The molecule has 1 amide bonds. The van der Waals surface area contributed by atoms with Crippen LogP contribution in [0.2, 0.25) is 0 Å². The zero-order valence-corrected chi connectivity index (χ0v) is 20.0. The van der Waals surface area contributed by atoms with Gasteiger partial charge in [-0.2, -0.15) is 0 Å². The molecule has 0 spiro atoms. The number of rotatable bonds is 7. The lowest BCUT2D eigenvalue weighted by atomic mass is 10.2. The molecule has 33 heavy (non-hydrogen) atoms. The predicted molar refractivity (Wildman–Crippen MR) is 126 cm³/mol. The molecule has 0 aliphatic carbocycles. The molecular weight excluding hydrogens is 463 g/mol. The Labute approximate surface area is 196 Å². The van der Waals surface area contributed by atoms with Gasteiger partial charge in [0.1, 0.15) is 5.82 Å². The number of carbonyl (C=O) groups is 1. The lowest BCUT2D eigenvalue weighted by Gasteiger charge is -2.26. The summed E-state index contributed by atoms with van der Waals surface area (Å²) < 4.78 is 40.0. The van der Waals surface area contributed by atoms with Crippen LogP contribution >= 0.6 is 11.8 Å². The summed E-state index contributed by atoms with van der Waals surface area (Å²) in [5.74, 6) is -0.0946. The van der Waals surface area contributed by atoms with Crippen molar-refractivity contribution in [1.82, 2.24) is 19.7 Å². The van der Waals surface area contributed by atoms with Crippen LogP contribution in [0, 0.1) is 5.82 Å². The predicted octanol–water partition coefficient (Wildman–Crippen LogP) is 3.26. The number of sulfone groups is 1. The van der Waals surface area contributed by atoms with E-state index in [0.29, 0.717) is 29.5 Å². The number of benzene rings is 2. The fourth-order valence-corrected chi connectivity index (χ4v) is 6.61. The third-order valence-electron chi connectivity index (χ3n) is 5.75. The lowest BCUT2D eigenvalue weighted by Crippen LogP contribution is -2.41. The molecule has 1 aliphatic heterocycles. The van der Waals surface area contributed by atoms with Gasteiger partial charge in [-0.1, -0.05) is 54.2 Å². The van der Waals surface area contributed by atoms with Gasteiger partial charge in [-0.3, -0.25) is 9.36 Å². The fourth-order valence-electron chi connectivity index (χ4n) is 3.88. The van der Waals surface area contributed by atoms with Crippen LogP contribution in [0.5, 0.6) is 0 Å². The normalized spacial score (nSPS) is 18.2. The highest BCUT2D eigenvalue weighted by atomic mass is 32.2. The molecule has 1 aliphatic rings. The molecule has 1 aromatic heterocycles. The first kappa shape index (κ1) is 23.4. The van der Waals surface area contributed by atoms with E-state index in [1.54, 1.807) is 32.2 Å². The van der Waals surface area contributed by atoms with Gasteiger partial charge < -0.3 is 4.90 Å². The van der Waals surface area contributed by atoms with Crippen molar-refractivity contribution in [1.29, 1.82) is 0 Å². The van der Waals surface area contributed by atoms with Gasteiger partial charge in [0, 0.05) is 13.1 Å². The summed E-state index contributed by atoms with van der Waals surface area (Å²) in [5, 5.41) is 8.49. The molecule has 7 nitrogen and oxygen atoms in total. The quantitative estimate of drug-likeness (QED) is 0.475. The largest absolute Gasteiger partial charge is 0.341 e. The zero-order chi connectivity index (χ0) is 23.6. The Morgan fingerprint density at radius 2 is 1.88 bits per heavy atom. The van der Waals surface area contributed by atoms with E-state index in [2.05, 4.69) is 10.2 Å². The minimum absolute atomic E-state index is 0.00571. The van der Waals surface area contributed by atoms with Gasteiger partial charge in [0.2, 0.25) is 5.91 Å². The highest BCUT2D eigenvalue weighted by molar-refractivity contribution is 8.00. The van der Waals surface area contributed by atoms with Crippen LogP contribution in [-0.4, -0.2) is 63.8 Å². The van der Waals surface area contributed by atoms with Crippen molar-refractivity contribution >= 4 is 27.5 Å². The summed E-state index contributed by atoms with van der Waals surface area (Å²) in [4.78, 5) is 14.6. The molecular formula is C23H25FN4O3S2. The van der Waals surface area contributed by atoms with Crippen LogP contribution in [0.4, 0.5) is 4.39 Å². The smallest absolute Gasteiger partial charge is 0.235 e. The van der Waals surface area contributed by atoms with Crippen LogP contribution in [-0.2, 0) is 21.2 Å². The van der Waals surface area contributed by atoms with Crippen molar-refractivity contribution in [3.8, 4) is 11.4 Å². The number of amides is 1. The van der Waals surface area contributed by atoms with Crippen molar-refractivity contribution < 1.29 is 17.6 Å². The minimum atomic E-state index is -3.09. The van der Waals surface area contributed by atoms with Gasteiger partial charge in [0.15, 0.2) is 20.8 Å². The van der Waals surface area contributed by atoms with Gasteiger partial charge in [-0.05, 0) is 31.0 Å². The van der Waals surface area contributed by atoms with E-state index in [4.69, 9.17) is 0 Å². The van der Waals surface area contributed by atoms with Crippen molar-refractivity contribution in [3.05, 3.63) is 66.0 Å². The molecule has 2 unspecified atom stereocenters. The Balaban J connectivity index is 1.60. The number of aromatic nitrogens is 3. The molecule has 174 valence electrons. The van der Waals surface area contributed by atoms with Crippen LogP contribution in [0.25, 0.3) is 11.4 Å². The highest BCUT2D eigenvalue weighted by Gasteiger charge is 2.34. The van der Waals surface area contributed by atoms with E-state index in [9.17, 15) is 17.6 Å². The monoisotopic (exact) mass is 488 g/mol. The summed E-state index contributed by atoms with van der Waals surface area (Å²) in [5.41, 5.74) is 1.32. The fraction of sp³-hybridized carbons (Fsp3) is 0.348. The molecule has 3 aromatic rings. The van der Waals surface area contributed by atoms with Gasteiger partial charge in [-0.25, -0.2) is 12.8 Å². The van der Waals surface area contributed by atoms with E-state index >= 15 is 0 Å². The summed E-state index contributed by atoms with van der Waals surface area (Å²) in [6.45, 7) is 2.18. The molecule has 0 radical (unpaired) electrons. The number of hydrogen-bond donors (Lipinski definition) is 0. The first-order chi connectivity index (χ1) is 15.7. The SMILES string of the molecule is CC(Sc1nnc(-c2ccccc2F)n1Cc1ccccc1)C(=O)N(C)C1CCS(=O)(=O)C1. The molecule has 0 N–H and O–H groups in total. The zero-order valence-electron chi connectivity index (χ0n) is 18.4. The average Bonchev–Trinajstić information content (AvgIpc) is 3.36. The number of halogens is 1. The molecule has 2 heterocycles. The maximum atomic E-state index is 14.5. The second-order valence-corrected chi connectivity index (χ2v) is 11.7. The Bertz CT molecular complexity index is 1250. The van der Waals surface area contributed by atoms with Gasteiger partial charge >= 0.3 is 0 Å². The van der Waals surface area contributed by atoms with Gasteiger partial charge in [0.25, 0.3) is 0 Å². The third kappa shape index (κ3) is 5.27. The molecule has 0 saturated carbocycles. The first-order valence-electron chi connectivity index (χ1n) is 10.6. The maximum Gasteiger partial charge on any atom is 0.235 e. The van der Waals surface area contributed by atoms with E-state index in [1.807, 2.05) is 34.9 Å². The van der Waals surface area contributed by atoms with Gasteiger partial charge in [-0.15, -0.1) is 10.2 Å². The third-order valence-corrected chi connectivity index (χ3v) is 8.57. The Morgan fingerprint density at radius 1 is 1.18 bits per heavy atom. The number of thioether (sulfide) groups is 1. The van der Waals surface area contributed by atoms with Crippen molar-refractivity contribution in [3.63, 3.8) is 0 Å². The lowest BCUT2D eigenvalue weighted by molar-refractivity contribution is -0.130. The molecule has 2 atom stereocenters. The van der Waals surface area contributed by atoms with Crippen LogP contribution in [0.1, 0.15) is 18.9 Å². The summed E-state index contributed by atoms with van der Waals surface area (Å²) >= 11 is 1.23. The van der Waals surface area contributed by atoms with E-state index in [1.165, 1.54) is 22.7 Å². The van der Waals surface area contributed by atoms with Crippen LogP contribution in [0.3, 0.4) is 0 Å². The minimum Gasteiger partial charge on any atom is -0.341 e. The summed E-state index contributed by atoms with van der Waals surface area (Å²) in [6, 6.07) is 15.8. The van der Waals surface area contributed by atoms with E-state index < -0.39 is 20.9 Å². The highest BCUT2D eigenvalue weighted by Crippen LogP contribution is 2.30. The second-order valence-electron chi connectivity index (χ2n) is 8.12. The van der Waals surface area contributed by atoms with Crippen LogP contribution in [0.15, 0.2) is 59.8 Å². The Hall–Kier alpha value is -2.72. The average molecular weight is 489 g/mol. The van der Waals surface area contributed by atoms with Crippen molar-refractivity contribution in [2.75, 3.05) is 18.6 Å². The van der Waals surface area contributed by atoms with E-state index in [0.717, 1.165) is 5.56 Å². The number of nitrogens with zero attached hydrogens (tertiary/aromatic N) is 4. The maximum absolute atomic E-state index is 14.5. The summed E-state index contributed by atoms with van der Waals surface area (Å²) in [6.07, 6.45) is 0.448. The van der Waals surface area contributed by atoms with Crippen molar-refractivity contribution in [2.45, 2.75) is 36.3 Å². The first-order valence-corrected chi connectivity index (χ1v) is 13.3. The topological polar surface area (TPSA) is 85.2 Å². The Kier molecular flexibility index (Phi) is 6.85. The molecule has 1 fully saturated rings. The van der Waals surface area contributed by atoms with E-state index in [-0.39, 0.29) is 23.5 Å². The molecule has 0 bridgehead atoms. The van der Waals surface area contributed by atoms with Crippen LogP contribution < -0.4 is 0 Å². The second kappa shape index (κ2) is 9.64. The standard InChI is InChI=1S/C23H25FN4O3S2/c1-16(22(29)27(2)18-12-13-33(30,31)15-18)32-23-26-25-21(19-10-6-7-11-20(19)24)28(23)14-17-8-4-3-5-9-17/h3-11,16,18H,12-15H2,1-2H3. The Morgan fingerprint density at radius 3 is 2.55 bits per heavy atom.